The molecule has 1 aliphatic rings. The second-order valence-corrected chi connectivity index (χ2v) is 10.8. The Hall–Kier alpha value is -1.62. The third-order valence-corrected chi connectivity index (χ3v) is 6.76. The van der Waals surface area contributed by atoms with Crippen molar-refractivity contribution in [2.24, 2.45) is 10.9 Å². The zero-order valence-electron chi connectivity index (χ0n) is 18.0. The molecular formula is C20H32N4O4S2. The van der Waals surface area contributed by atoms with Gasteiger partial charge in [-0.2, -0.15) is 0 Å². The molecule has 2 rings (SSSR count). The van der Waals surface area contributed by atoms with E-state index >= 15 is 0 Å². The number of aliphatic hydroxyl groups excluding tert-OH is 1. The van der Waals surface area contributed by atoms with Crippen LogP contribution in [0.1, 0.15) is 52.0 Å². The topological polar surface area (TPSA) is 111 Å². The van der Waals surface area contributed by atoms with Crippen LogP contribution in [-0.2, 0) is 19.7 Å². The first kappa shape index (κ1) is 24.6. The van der Waals surface area contributed by atoms with Gasteiger partial charge < -0.3 is 5.11 Å². The molecule has 168 valence electrons. The third-order valence-electron chi connectivity index (χ3n) is 4.68. The molecule has 0 spiro atoms. The summed E-state index contributed by atoms with van der Waals surface area (Å²) in [6.45, 7) is 5.81. The number of carbonyl (C=O) groups excluding carboxylic acids is 1. The summed E-state index contributed by atoms with van der Waals surface area (Å²) in [6.07, 6.45) is 2.90. The number of nitrogens with one attached hydrogen (secondary N) is 2. The van der Waals surface area contributed by atoms with Crippen molar-refractivity contribution in [2.45, 2.75) is 57.6 Å². The van der Waals surface area contributed by atoms with Crippen molar-refractivity contribution in [1.29, 1.82) is 0 Å². The molecular weight excluding hydrogens is 424 g/mol. The van der Waals surface area contributed by atoms with Gasteiger partial charge in [-0.3, -0.25) is 10.2 Å². The molecule has 1 amide bonds. The van der Waals surface area contributed by atoms with Crippen LogP contribution in [0.15, 0.2) is 35.3 Å². The summed E-state index contributed by atoms with van der Waals surface area (Å²) >= 11 is 1.33. The number of hydrogen-bond acceptors (Lipinski definition) is 6. The fraction of sp³-hybridized carbons (Fsp3) is 0.600. The van der Waals surface area contributed by atoms with Crippen LogP contribution in [0, 0.1) is 5.92 Å². The minimum absolute atomic E-state index is 0.140. The number of sulfonamides is 1. The molecule has 1 saturated heterocycles. The standard InChI is InChI=1S/C20H32N4O4S2/c1-5-6-12-17(25)22-19-23-24(18(26)15(2)3)20(29-19,13-14-21-30(4,27)28)16-10-8-7-9-11-16/h7-11,15,17,21,25H,5-6,12-14H2,1-4H3,(H,22,23). The highest BCUT2D eigenvalue weighted by Crippen LogP contribution is 2.47. The SMILES string of the molecule is CCCCC(O)N=C1NN(C(=O)C(C)C)C(CCNS(C)(=O)=O)(c2ccccc2)S1. The monoisotopic (exact) mass is 456 g/mol. The number of amidine groups is 1. The van der Waals surface area contributed by atoms with Gasteiger partial charge in [0.05, 0.1) is 6.26 Å². The number of hydrogen-bond donors (Lipinski definition) is 3. The predicted molar refractivity (Wildman–Crippen MR) is 121 cm³/mol. The normalized spacial score (nSPS) is 21.8. The molecule has 30 heavy (non-hydrogen) atoms. The maximum atomic E-state index is 13.1. The van der Waals surface area contributed by atoms with E-state index in [0.29, 0.717) is 18.0 Å². The lowest BCUT2D eigenvalue weighted by molar-refractivity contribution is -0.140. The molecule has 2 unspecified atom stereocenters. The smallest absolute Gasteiger partial charge is 0.245 e. The van der Waals surface area contributed by atoms with E-state index in [1.54, 1.807) is 0 Å². The number of hydrazine groups is 1. The third kappa shape index (κ3) is 6.44. The molecule has 0 radical (unpaired) electrons. The Kier molecular flexibility index (Phi) is 8.72. The number of carbonyl (C=O) groups is 1. The molecule has 1 aromatic carbocycles. The molecule has 1 fully saturated rings. The van der Waals surface area contributed by atoms with E-state index in [2.05, 4.69) is 15.1 Å². The van der Waals surface area contributed by atoms with Crippen LogP contribution in [0.2, 0.25) is 0 Å². The number of aliphatic imine (C=N–C) groups is 1. The van der Waals surface area contributed by atoms with Crippen molar-refractivity contribution in [3.63, 3.8) is 0 Å². The van der Waals surface area contributed by atoms with Gasteiger partial charge in [0, 0.05) is 18.9 Å². The van der Waals surface area contributed by atoms with E-state index in [4.69, 9.17) is 0 Å². The lowest BCUT2D eigenvalue weighted by Crippen LogP contribution is -2.52. The molecule has 3 N–H and O–H groups in total. The van der Waals surface area contributed by atoms with Gasteiger partial charge in [0.2, 0.25) is 15.9 Å². The van der Waals surface area contributed by atoms with Crippen LogP contribution in [0.3, 0.4) is 0 Å². The second kappa shape index (κ2) is 10.6. The first-order chi connectivity index (χ1) is 14.1. The first-order valence-corrected chi connectivity index (χ1v) is 12.9. The van der Waals surface area contributed by atoms with Gasteiger partial charge in [-0.25, -0.2) is 23.1 Å². The van der Waals surface area contributed by atoms with Crippen LogP contribution < -0.4 is 10.1 Å². The molecule has 0 aromatic heterocycles. The summed E-state index contributed by atoms with van der Waals surface area (Å²) in [7, 11) is -3.37. The minimum atomic E-state index is -3.37. The minimum Gasteiger partial charge on any atom is -0.372 e. The number of nitrogens with zero attached hydrogens (tertiary/aromatic N) is 2. The van der Waals surface area contributed by atoms with E-state index in [1.165, 1.54) is 16.8 Å². The average Bonchev–Trinajstić information content (AvgIpc) is 3.04. The van der Waals surface area contributed by atoms with Gasteiger partial charge in [-0.1, -0.05) is 69.3 Å². The number of rotatable bonds is 10. The molecule has 0 saturated carbocycles. The van der Waals surface area contributed by atoms with E-state index in [9.17, 15) is 18.3 Å². The highest BCUT2D eigenvalue weighted by molar-refractivity contribution is 8.14. The Morgan fingerprint density at radius 3 is 2.57 bits per heavy atom. The van der Waals surface area contributed by atoms with Gasteiger partial charge in [0.1, 0.15) is 11.1 Å². The molecule has 2 atom stereocenters. The highest BCUT2D eigenvalue weighted by atomic mass is 32.2. The van der Waals surface area contributed by atoms with E-state index in [0.717, 1.165) is 24.7 Å². The second-order valence-electron chi connectivity index (χ2n) is 7.67. The first-order valence-electron chi connectivity index (χ1n) is 10.1. The van der Waals surface area contributed by atoms with Gasteiger partial charge in [-0.15, -0.1) is 0 Å². The van der Waals surface area contributed by atoms with Crippen molar-refractivity contribution in [3.05, 3.63) is 35.9 Å². The van der Waals surface area contributed by atoms with Crippen LogP contribution in [0.25, 0.3) is 0 Å². The fourth-order valence-corrected chi connectivity index (χ4v) is 4.94. The number of aliphatic hydroxyl groups is 1. The van der Waals surface area contributed by atoms with Gasteiger partial charge in [0.15, 0.2) is 5.17 Å². The quantitative estimate of drug-likeness (QED) is 0.498. The fourth-order valence-electron chi connectivity index (χ4n) is 3.15. The van der Waals surface area contributed by atoms with Crippen molar-refractivity contribution < 1.29 is 18.3 Å². The summed E-state index contributed by atoms with van der Waals surface area (Å²) < 4.78 is 25.7. The summed E-state index contributed by atoms with van der Waals surface area (Å²) in [5.41, 5.74) is 3.92. The zero-order valence-corrected chi connectivity index (χ0v) is 19.6. The van der Waals surface area contributed by atoms with Gasteiger partial charge in [0.25, 0.3) is 0 Å². The van der Waals surface area contributed by atoms with Crippen molar-refractivity contribution in [1.82, 2.24) is 15.2 Å². The lowest BCUT2D eigenvalue weighted by atomic mass is 10.0. The Labute approximate surface area is 183 Å². The maximum Gasteiger partial charge on any atom is 0.245 e. The van der Waals surface area contributed by atoms with E-state index in [1.807, 2.05) is 51.1 Å². The molecule has 1 heterocycles. The van der Waals surface area contributed by atoms with Crippen molar-refractivity contribution in [3.8, 4) is 0 Å². The number of amides is 1. The Morgan fingerprint density at radius 2 is 2.00 bits per heavy atom. The Balaban J connectivity index is 2.45. The molecule has 8 nitrogen and oxygen atoms in total. The summed E-state index contributed by atoms with van der Waals surface area (Å²) in [6, 6.07) is 9.46. The number of benzene rings is 1. The van der Waals surface area contributed by atoms with Crippen molar-refractivity contribution >= 4 is 32.9 Å². The number of unbranched alkanes of at least 4 members (excludes halogenated alkanes) is 1. The van der Waals surface area contributed by atoms with Gasteiger partial charge in [-0.05, 0) is 18.4 Å². The van der Waals surface area contributed by atoms with Crippen LogP contribution >= 0.6 is 11.8 Å². The Bertz CT molecular complexity index is 846. The Morgan fingerprint density at radius 1 is 1.33 bits per heavy atom. The van der Waals surface area contributed by atoms with Crippen LogP contribution in [0.4, 0.5) is 0 Å². The lowest BCUT2D eigenvalue weighted by Gasteiger charge is -2.37. The molecule has 0 aliphatic carbocycles. The largest absolute Gasteiger partial charge is 0.372 e. The molecule has 0 bridgehead atoms. The maximum absolute atomic E-state index is 13.1. The summed E-state index contributed by atoms with van der Waals surface area (Å²) in [5.74, 6) is -0.424. The summed E-state index contributed by atoms with van der Waals surface area (Å²) in [4.78, 5) is 16.6. The van der Waals surface area contributed by atoms with Gasteiger partial charge >= 0.3 is 0 Å². The molecule has 1 aromatic rings. The molecule has 10 heteroatoms. The van der Waals surface area contributed by atoms with E-state index < -0.39 is 21.1 Å². The predicted octanol–water partition coefficient (Wildman–Crippen LogP) is 2.38. The number of thioether (sulfide) groups is 1. The highest BCUT2D eigenvalue weighted by Gasteiger charge is 2.49. The average molecular weight is 457 g/mol. The van der Waals surface area contributed by atoms with E-state index in [-0.39, 0.29) is 18.4 Å². The molecule has 1 aliphatic heterocycles. The van der Waals surface area contributed by atoms with Crippen LogP contribution in [-0.4, -0.2) is 48.6 Å². The van der Waals surface area contributed by atoms with Crippen molar-refractivity contribution in [2.75, 3.05) is 12.8 Å². The van der Waals surface area contributed by atoms with Crippen LogP contribution in [0.5, 0.6) is 0 Å². The summed E-state index contributed by atoms with van der Waals surface area (Å²) in [5, 5.41) is 12.2. The zero-order chi connectivity index (χ0) is 22.4.